The molecule has 0 N–H and O–H groups in total. The van der Waals surface area contributed by atoms with Crippen LogP contribution in [-0.4, -0.2) is 49.3 Å². The molecule has 3 fully saturated rings. The molecule has 7 rings (SSSR count). The highest BCUT2D eigenvalue weighted by atomic mass is 16.7. The highest BCUT2D eigenvalue weighted by molar-refractivity contribution is 5.26. The summed E-state index contributed by atoms with van der Waals surface area (Å²) in [6.07, 6.45) is 0.404. The molecule has 6 nitrogen and oxygen atoms in total. The number of benzene rings is 4. The fourth-order valence-corrected chi connectivity index (χ4v) is 7.02. The Kier molecular flexibility index (Phi) is 9.68. The second-order valence-electron chi connectivity index (χ2n) is 12.3. The average Bonchev–Trinajstić information content (AvgIpc) is 3.74. The van der Waals surface area contributed by atoms with Gasteiger partial charge < -0.3 is 28.4 Å². The van der Waals surface area contributed by atoms with E-state index in [2.05, 4.69) is 48.5 Å². The van der Waals surface area contributed by atoms with E-state index in [0.29, 0.717) is 33.0 Å². The minimum absolute atomic E-state index is 0.0402. The Hall–Kier alpha value is -3.36. The molecule has 2 aliphatic heterocycles. The van der Waals surface area contributed by atoms with Crippen LogP contribution in [-0.2, 0) is 54.8 Å². The van der Waals surface area contributed by atoms with E-state index in [9.17, 15) is 0 Å². The molecule has 234 valence electrons. The molecular weight excluding hydrogens is 564 g/mol. The molecule has 2 saturated heterocycles. The minimum atomic E-state index is -0.625. The van der Waals surface area contributed by atoms with E-state index < -0.39 is 17.8 Å². The van der Waals surface area contributed by atoms with Gasteiger partial charge in [0, 0.05) is 12.5 Å². The van der Waals surface area contributed by atoms with E-state index in [1.807, 2.05) is 72.8 Å². The third-order valence-corrected chi connectivity index (χ3v) is 9.26. The van der Waals surface area contributed by atoms with Crippen molar-refractivity contribution < 1.29 is 28.4 Å². The molecule has 4 aromatic rings. The summed E-state index contributed by atoms with van der Waals surface area (Å²) in [5.74, 6) is 0.238. The number of fused-ring (bicyclic) bond motifs is 3. The highest BCUT2D eigenvalue weighted by Crippen LogP contribution is 2.61. The highest BCUT2D eigenvalue weighted by Gasteiger charge is 2.77. The van der Waals surface area contributed by atoms with Gasteiger partial charge in [-0.3, -0.25) is 0 Å². The normalized spacial score (nSPS) is 28.9. The Morgan fingerprint density at radius 1 is 0.578 bits per heavy atom. The summed E-state index contributed by atoms with van der Waals surface area (Å²) in [5.41, 5.74) is 3.79. The van der Waals surface area contributed by atoms with Crippen LogP contribution in [0.4, 0.5) is 0 Å². The van der Waals surface area contributed by atoms with Gasteiger partial charge in [0.25, 0.3) is 0 Å². The zero-order valence-electron chi connectivity index (χ0n) is 25.6. The lowest BCUT2D eigenvalue weighted by atomic mass is 9.90. The quantitative estimate of drug-likeness (QED) is 0.165. The van der Waals surface area contributed by atoms with Crippen LogP contribution in [0.15, 0.2) is 121 Å². The van der Waals surface area contributed by atoms with Crippen LogP contribution in [0, 0.1) is 5.92 Å². The second-order valence-corrected chi connectivity index (χ2v) is 12.3. The van der Waals surface area contributed by atoms with Gasteiger partial charge in [-0.05, 0) is 35.1 Å². The smallest absolute Gasteiger partial charge is 0.129 e. The van der Waals surface area contributed by atoms with Crippen LogP contribution in [0.1, 0.15) is 35.1 Å². The third kappa shape index (κ3) is 6.92. The minimum Gasteiger partial charge on any atom is -0.375 e. The van der Waals surface area contributed by atoms with Gasteiger partial charge in [0.15, 0.2) is 0 Å². The van der Waals surface area contributed by atoms with E-state index in [1.54, 1.807) is 0 Å². The first-order valence-electron chi connectivity index (χ1n) is 16.2. The molecule has 0 amide bonds. The van der Waals surface area contributed by atoms with Crippen molar-refractivity contribution in [1.29, 1.82) is 0 Å². The van der Waals surface area contributed by atoms with E-state index in [4.69, 9.17) is 28.4 Å². The summed E-state index contributed by atoms with van der Waals surface area (Å²) in [4.78, 5) is 0. The van der Waals surface area contributed by atoms with Gasteiger partial charge in [0.05, 0.1) is 39.1 Å². The van der Waals surface area contributed by atoms with Crippen LogP contribution in [0.2, 0.25) is 0 Å². The van der Waals surface area contributed by atoms with Crippen molar-refractivity contribution in [3.8, 4) is 0 Å². The van der Waals surface area contributed by atoms with Crippen molar-refractivity contribution >= 4 is 0 Å². The zero-order valence-corrected chi connectivity index (χ0v) is 25.6. The topological polar surface area (TPSA) is 55.4 Å². The molecule has 4 aromatic carbocycles. The molecule has 1 aliphatic carbocycles. The number of ether oxygens (including phenoxy) is 6. The standard InChI is InChI=1S/C39H42O6/c1-5-14-29(15-6-1)24-40-28-34-35(42-25-30-16-7-2-8-17-30)36(43-26-31-18-9-3-10-19-31)38(44-27-32-20-11-4-12-21-32)39(45-34)33-22-13-23-41-37(33)39/h1-12,14-21,33-38H,13,22-28H2/t33-,34-,35-,36+,37+,38-,39?/m1/s1. The van der Waals surface area contributed by atoms with Crippen molar-refractivity contribution in [3.05, 3.63) is 144 Å². The summed E-state index contributed by atoms with van der Waals surface area (Å²) in [5, 5.41) is 0. The summed E-state index contributed by atoms with van der Waals surface area (Å²) in [6, 6.07) is 41.1. The van der Waals surface area contributed by atoms with E-state index in [0.717, 1.165) is 41.7 Å². The fraction of sp³-hybridized carbons (Fsp3) is 0.385. The Bertz CT molecular complexity index is 1440. The van der Waals surface area contributed by atoms with Gasteiger partial charge in [-0.15, -0.1) is 0 Å². The molecule has 1 unspecified atom stereocenters. The first kappa shape index (κ1) is 30.3. The monoisotopic (exact) mass is 606 g/mol. The molecule has 1 saturated carbocycles. The molecule has 45 heavy (non-hydrogen) atoms. The lowest BCUT2D eigenvalue weighted by Gasteiger charge is -2.47. The Morgan fingerprint density at radius 2 is 1.07 bits per heavy atom. The van der Waals surface area contributed by atoms with Crippen LogP contribution in [0.25, 0.3) is 0 Å². The molecule has 6 heteroatoms. The fourth-order valence-electron chi connectivity index (χ4n) is 7.02. The second kappa shape index (κ2) is 14.4. The predicted molar refractivity (Wildman–Crippen MR) is 171 cm³/mol. The lowest BCUT2D eigenvalue weighted by Crippen LogP contribution is -2.64. The molecule has 3 aliphatic rings. The molecule has 2 heterocycles. The maximum absolute atomic E-state index is 7.17. The Labute approximate surface area is 266 Å². The Balaban J connectivity index is 1.21. The van der Waals surface area contributed by atoms with Crippen LogP contribution in [0.5, 0.6) is 0 Å². The number of hydrogen-bond acceptors (Lipinski definition) is 6. The van der Waals surface area contributed by atoms with Crippen molar-refractivity contribution in [2.24, 2.45) is 5.92 Å². The van der Waals surface area contributed by atoms with Crippen molar-refractivity contribution in [2.45, 2.75) is 75.4 Å². The molecule has 7 atom stereocenters. The maximum Gasteiger partial charge on any atom is 0.129 e. The van der Waals surface area contributed by atoms with E-state index in [1.165, 1.54) is 0 Å². The van der Waals surface area contributed by atoms with Crippen LogP contribution < -0.4 is 0 Å². The van der Waals surface area contributed by atoms with E-state index >= 15 is 0 Å². The van der Waals surface area contributed by atoms with Gasteiger partial charge in [-0.1, -0.05) is 121 Å². The third-order valence-electron chi connectivity index (χ3n) is 9.26. The van der Waals surface area contributed by atoms with Gasteiger partial charge in [0.1, 0.15) is 30.0 Å². The lowest BCUT2D eigenvalue weighted by molar-refractivity contribution is -0.290. The molecule has 1 spiro atoms. The number of hydrogen-bond donors (Lipinski definition) is 0. The number of rotatable bonds is 13. The SMILES string of the molecule is c1ccc(COC[C@H]2OC3([C@@H]4CCCO[C@@H]43)[C@H](OCc3ccccc3)[C@@H](OCc3ccccc3)[C@@H]2OCc2ccccc2)cc1. The van der Waals surface area contributed by atoms with E-state index in [-0.39, 0.29) is 24.2 Å². The van der Waals surface area contributed by atoms with Crippen molar-refractivity contribution in [3.63, 3.8) is 0 Å². The maximum atomic E-state index is 7.17. The van der Waals surface area contributed by atoms with Gasteiger partial charge in [-0.25, -0.2) is 0 Å². The van der Waals surface area contributed by atoms with Gasteiger partial charge in [0.2, 0.25) is 0 Å². The average molecular weight is 607 g/mol. The largest absolute Gasteiger partial charge is 0.375 e. The first-order chi connectivity index (χ1) is 22.3. The molecule has 0 radical (unpaired) electrons. The molecular formula is C39H42O6. The van der Waals surface area contributed by atoms with Gasteiger partial charge >= 0.3 is 0 Å². The van der Waals surface area contributed by atoms with Crippen LogP contribution >= 0.6 is 0 Å². The summed E-state index contributed by atoms with van der Waals surface area (Å²) < 4.78 is 40.5. The first-order valence-corrected chi connectivity index (χ1v) is 16.2. The van der Waals surface area contributed by atoms with Gasteiger partial charge in [-0.2, -0.15) is 0 Å². The molecule has 0 bridgehead atoms. The predicted octanol–water partition coefficient (Wildman–Crippen LogP) is 6.91. The summed E-state index contributed by atoms with van der Waals surface area (Å²) in [6.45, 7) is 2.90. The summed E-state index contributed by atoms with van der Waals surface area (Å²) in [7, 11) is 0. The molecule has 0 aromatic heterocycles. The van der Waals surface area contributed by atoms with Crippen molar-refractivity contribution in [2.75, 3.05) is 13.2 Å². The zero-order chi connectivity index (χ0) is 30.3. The Morgan fingerprint density at radius 3 is 1.58 bits per heavy atom. The van der Waals surface area contributed by atoms with Crippen molar-refractivity contribution in [1.82, 2.24) is 0 Å². The summed E-state index contributed by atoms with van der Waals surface area (Å²) >= 11 is 0. The van der Waals surface area contributed by atoms with Crippen LogP contribution in [0.3, 0.4) is 0 Å².